The van der Waals surface area contributed by atoms with Crippen LogP contribution in [-0.2, 0) is 23.3 Å². The summed E-state index contributed by atoms with van der Waals surface area (Å²) in [6, 6.07) is 42.4. The minimum atomic E-state index is 0. The summed E-state index contributed by atoms with van der Waals surface area (Å²) in [6.07, 6.45) is 0. The molecule has 0 bridgehead atoms. The minimum absolute atomic E-state index is 0. The van der Waals surface area contributed by atoms with Gasteiger partial charge in [-0.2, -0.15) is 12.1 Å². The van der Waals surface area contributed by atoms with E-state index in [2.05, 4.69) is 164 Å². The van der Waals surface area contributed by atoms with Gasteiger partial charge in [-0.15, -0.1) is 93.4 Å². The van der Waals surface area contributed by atoms with Gasteiger partial charge in [0.05, 0.1) is 0 Å². The van der Waals surface area contributed by atoms with E-state index in [1.807, 2.05) is 0 Å². The van der Waals surface area contributed by atoms with Gasteiger partial charge in [0.1, 0.15) is 0 Å². The summed E-state index contributed by atoms with van der Waals surface area (Å²) in [6.45, 7) is 16.3. The Morgan fingerprint density at radius 3 is 1.83 bits per heavy atom. The van der Waals surface area contributed by atoms with E-state index >= 15 is 0 Å². The molecule has 0 heterocycles. The van der Waals surface area contributed by atoms with E-state index in [-0.39, 0.29) is 39.7 Å². The fourth-order valence-electron chi connectivity index (χ4n) is 6.26. The van der Waals surface area contributed by atoms with Crippen LogP contribution >= 0.6 is 24.8 Å². The van der Waals surface area contributed by atoms with E-state index in [4.69, 9.17) is 0 Å². The average Bonchev–Trinajstić information content (AvgIpc) is 3.62. The zero-order valence-corrected chi connectivity index (χ0v) is 34.0. The second-order valence-corrected chi connectivity index (χ2v) is 11.9. The maximum atomic E-state index is 3.06. The van der Waals surface area contributed by atoms with Crippen molar-refractivity contribution < 1.29 is 23.3 Å². The maximum absolute atomic E-state index is 3.06. The molecule has 7 aromatic rings. The standard InChI is InChI=1S/C22H19.C19H19.2CH3.2ClH.Si.Zr/c1-15(2)18-13-17-9-6-12-21(22(17)14-18)20-11-5-8-16-7-3-4-10-19(16)20;1-12-7-13(2)9-16(8-12)17-6-5-15(4)18-10-14(3)11-19(17)18;;;;;;/h3-15H,1-2H3;5-11H,1-4H3;2*1H3;2*1H;;/q4*-1;;;;. The zero-order chi connectivity index (χ0) is 30.7. The quantitative estimate of drug-likeness (QED) is 0.125. The molecule has 0 aliphatic carbocycles. The first-order chi connectivity index (χ1) is 20.8. The van der Waals surface area contributed by atoms with E-state index in [0.29, 0.717) is 5.92 Å². The van der Waals surface area contributed by atoms with Crippen molar-refractivity contribution in [2.75, 3.05) is 0 Å². The van der Waals surface area contributed by atoms with Crippen molar-refractivity contribution in [1.29, 1.82) is 0 Å². The molecule has 0 saturated carbocycles. The number of hydrogen-bond donors (Lipinski definition) is 0. The normalized spacial score (nSPS) is 10.0. The first-order valence-electron chi connectivity index (χ1n) is 15.0. The van der Waals surface area contributed by atoms with Gasteiger partial charge >= 0.3 is 30.2 Å². The van der Waals surface area contributed by atoms with Crippen LogP contribution in [0, 0.1) is 42.5 Å². The molecule has 0 aromatic heterocycles. The van der Waals surface area contributed by atoms with Crippen molar-refractivity contribution in [3.05, 3.63) is 158 Å². The van der Waals surface area contributed by atoms with Crippen molar-refractivity contribution in [2.45, 2.75) is 47.5 Å². The summed E-state index contributed by atoms with van der Waals surface area (Å²) in [4.78, 5) is 0. The summed E-state index contributed by atoms with van der Waals surface area (Å²) >= 11 is 1.36. The monoisotopic (exact) mass is 750 g/mol. The van der Waals surface area contributed by atoms with Crippen LogP contribution in [0.5, 0.6) is 0 Å². The second-order valence-electron chi connectivity index (χ2n) is 11.9. The molecule has 0 spiro atoms. The van der Waals surface area contributed by atoms with Crippen molar-refractivity contribution in [3.63, 3.8) is 0 Å². The van der Waals surface area contributed by atoms with Crippen LogP contribution in [0.4, 0.5) is 0 Å². The second kappa shape index (κ2) is 18.7. The summed E-state index contributed by atoms with van der Waals surface area (Å²) in [7, 11) is 0. The van der Waals surface area contributed by atoms with Crippen LogP contribution in [0.15, 0.2) is 115 Å². The number of hydrogen-bond acceptors (Lipinski definition) is 0. The molecule has 0 atom stereocenters. The molecule has 0 unspecified atom stereocenters. The first kappa shape index (κ1) is 42.3. The van der Waals surface area contributed by atoms with Gasteiger partial charge in [-0.1, -0.05) is 123 Å². The van der Waals surface area contributed by atoms with Crippen LogP contribution < -0.4 is 0 Å². The molecule has 0 N–H and O–H groups in total. The number of aryl methyl sites for hydroxylation is 4. The van der Waals surface area contributed by atoms with Crippen molar-refractivity contribution in [2.24, 2.45) is 0 Å². The van der Waals surface area contributed by atoms with E-state index in [1.54, 1.807) is 0 Å². The topological polar surface area (TPSA) is 0 Å². The van der Waals surface area contributed by atoms with Gasteiger partial charge < -0.3 is 14.9 Å². The predicted octanol–water partition coefficient (Wildman–Crippen LogP) is 13.3. The molecular weight excluding hydrogens is 707 g/mol. The van der Waals surface area contributed by atoms with Gasteiger partial charge in [0, 0.05) is 0 Å². The molecular formula is C43H46Cl2SiZr-4. The molecule has 0 nitrogen and oxygen atoms in total. The van der Waals surface area contributed by atoms with Crippen molar-refractivity contribution >= 4 is 64.0 Å². The summed E-state index contributed by atoms with van der Waals surface area (Å²) in [5.41, 5.74) is 12.1. The Labute approximate surface area is 312 Å². The van der Waals surface area contributed by atoms with E-state index in [9.17, 15) is 0 Å². The number of halogens is 2. The Morgan fingerprint density at radius 1 is 0.574 bits per heavy atom. The molecule has 0 aliphatic heterocycles. The first-order valence-corrected chi connectivity index (χ1v) is 19.1. The summed E-state index contributed by atoms with van der Waals surface area (Å²) < 4.78 is 0. The van der Waals surface area contributed by atoms with Crippen LogP contribution in [0.2, 0.25) is 0 Å². The fourth-order valence-corrected chi connectivity index (χ4v) is 6.26. The predicted molar refractivity (Wildman–Crippen MR) is 214 cm³/mol. The number of benzene rings is 5. The third-order valence-corrected chi connectivity index (χ3v) is 8.30. The van der Waals surface area contributed by atoms with Gasteiger partial charge in [-0.25, -0.2) is 0 Å². The van der Waals surface area contributed by atoms with Crippen molar-refractivity contribution in [1.82, 2.24) is 0 Å². The van der Waals surface area contributed by atoms with Gasteiger partial charge in [-0.3, -0.25) is 0 Å². The molecule has 0 aliphatic rings. The Bertz CT molecular complexity index is 2020. The fraction of sp³-hybridized carbons (Fsp3) is 0.163. The third kappa shape index (κ3) is 9.24. The summed E-state index contributed by atoms with van der Waals surface area (Å²) in [5, 5.41) is 8.09. The SMILES string of the molecule is CC(C)c1cc2c(-c3cccc4ccccc34)cccc2[cH-]1.Cc1cc(C)cc(-c2ccc(C)c3[cH-]c(C)cc23)c1.Cl.Cl.[CH3-].[CH3-].[Si]=[Zr]. The van der Waals surface area contributed by atoms with Crippen LogP contribution in [0.1, 0.15) is 47.6 Å². The number of rotatable bonds is 3. The third-order valence-electron chi connectivity index (χ3n) is 8.30. The zero-order valence-electron chi connectivity index (χ0n) is 28.9. The molecule has 4 heteroatoms. The molecule has 47 heavy (non-hydrogen) atoms. The molecule has 7 aromatic carbocycles. The van der Waals surface area contributed by atoms with E-state index in [1.165, 1.54) is 106 Å². The molecule has 0 amide bonds. The Hall–Kier alpha value is -2.74. The molecule has 2 radical (unpaired) electrons. The van der Waals surface area contributed by atoms with Gasteiger partial charge in [0.25, 0.3) is 0 Å². The Balaban J connectivity index is 0.000000416. The molecule has 0 fully saturated rings. The van der Waals surface area contributed by atoms with E-state index in [0.717, 1.165) is 0 Å². The average molecular weight is 753 g/mol. The van der Waals surface area contributed by atoms with Gasteiger partial charge in [0.2, 0.25) is 0 Å². The number of fused-ring (bicyclic) bond motifs is 3. The van der Waals surface area contributed by atoms with Crippen LogP contribution in [0.3, 0.4) is 0 Å². The Morgan fingerprint density at radius 2 is 1.17 bits per heavy atom. The van der Waals surface area contributed by atoms with Crippen molar-refractivity contribution in [3.8, 4) is 22.3 Å². The molecule has 0 saturated heterocycles. The molecule has 7 rings (SSSR count). The molecule has 244 valence electrons. The van der Waals surface area contributed by atoms with E-state index < -0.39 is 0 Å². The van der Waals surface area contributed by atoms with Gasteiger partial charge in [0.15, 0.2) is 0 Å². The van der Waals surface area contributed by atoms with Crippen LogP contribution in [-0.4, -0.2) is 6.88 Å². The van der Waals surface area contributed by atoms with Gasteiger partial charge in [-0.05, 0) is 41.7 Å². The Kier molecular flexibility index (Phi) is 16.8. The van der Waals surface area contributed by atoms with Crippen LogP contribution in [0.25, 0.3) is 54.6 Å². The summed E-state index contributed by atoms with van der Waals surface area (Å²) in [5.74, 6) is 0.563.